The van der Waals surface area contributed by atoms with Gasteiger partial charge in [0, 0.05) is 13.1 Å². The molecule has 0 aliphatic heterocycles. The second kappa shape index (κ2) is 6.87. The molecule has 0 saturated carbocycles. The fourth-order valence-electron chi connectivity index (χ4n) is 2.43. The molecule has 3 rings (SSSR count). The molecule has 0 saturated heterocycles. The summed E-state index contributed by atoms with van der Waals surface area (Å²) in [7, 11) is 0. The Hall–Kier alpha value is -1.95. The molecule has 0 amide bonds. The standard InChI is InChI=1S/C16H18BrN5/c1-2-10-22-15-13(21-16(22)17)14(19-11-20-15)18-9-8-12-6-4-3-5-7-12/h3-7,11H,2,8-10H2,1H3,(H,18,19,20). The van der Waals surface area contributed by atoms with Crippen LogP contribution in [-0.4, -0.2) is 26.1 Å². The predicted octanol–water partition coefficient (Wildman–Crippen LogP) is 3.65. The second-order valence-electron chi connectivity index (χ2n) is 5.09. The zero-order valence-electron chi connectivity index (χ0n) is 12.5. The molecule has 5 nitrogen and oxygen atoms in total. The zero-order valence-corrected chi connectivity index (χ0v) is 14.0. The summed E-state index contributed by atoms with van der Waals surface area (Å²) in [5, 5.41) is 3.37. The smallest absolute Gasteiger partial charge is 0.179 e. The quantitative estimate of drug-likeness (QED) is 0.682. The molecule has 0 atom stereocenters. The third-order valence-electron chi connectivity index (χ3n) is 3.48. The van der Waals surface area contributed by atoms with Crippen molar-refractivity contribution in [2.75, 3.05) is 11.9 Å². The van der Waals surface area contributed by atoms with Crippen LogP contribution < -0.4 is 5.32 Å². The van der Waals surface area contributed by atoms with Crippen LogP contribution in [0, 0.1) is 0 Å². The zero-order chi connectivity index (χ0) is 15.4. The van der Waals surface area contributed by atoms with Gasteiger partial charge in [0.25, 0.3) is 0 Å². The van der Waals surface area contributed by atoms with E-state index < -0.39 is 0 Å². The molecule has 0 unspecified atom stereocenters. The van der Waals surface area contributed by atoms with E-state index in [4.69, 9.17) is 0 Å². The summed E-state index contributed by atoms with van der Waals surface area (Å²) in [4.78, 5) is 13.3. The first-order chi connectivity index (χ1) is 10.8. The Balaban J connectivity index is 1.78. The molecule has 0 aliphatic rings. The molecular formula is C16H18BrN5. The van der Waals surface area contributed by atoms with E-state index in [-0.39, 0.29) is 0 Å². The van der Waals surface area contributed by atoms with Crippen LogP contribution in [0.2, 0.25) is 0 Å². The van der Waals surface area contributed by atoms with Crippen molar-refractivity contribution >= 4 is 32.9 Å². The lowest BCUT2D eigenvalue weighted by atomic mass is 10.1. The molecule has 0 radical (unpaired) electrons. The predicted molar refractivity (Wildman–Crippen MR) is 91.9 cm³/mol. The first-order valence-corrected chi connectivity index (χ1v) is 8.23. The van der Waals surface area contributed by atoms with E-state index in [0.29, 0.717) is 0 Å². The maximum Gasteiger partial charge on any atom is 0.179 e. The van der Waals surface area contributed by atoms with Crippen LogP contribution in [0.3, 0.4) is 0 Å². The number of aryl methyl sites for hydroxylation is 1. The first kappa shape index (κ1) is 15.0. The number of aromatic nitrogens is 4. The highest BCUT2D eigenvalue weighted by Crippen LogP contribution is 2.23. The molecule has 1 N–H and O–H groups in total. The summed E-state index contributed by atoms with van der Waals surface area (Å²) in [6.45, 7) is 3.84. The van der Waals surface area contributed by atoms with Crippen LogP contribution in [0.4, 0.5) is 5.82 Å². The summed E-state index contributed by atoms with van der Waals surface area (Å²) in [6.07, 6.45) is 3.57. The molecule has 2 heterocycles. The van der Waals surface area contributed by atoms with Crippen molar-refractivity contribution < 1.29 is 0 Å². The van der Waals surface area contributed by atoms with Gasteiger partial charge in [0.2, 0.25) is 0 Å². The first-order valence-electron chi connectivity index (χ1n) is 7.44. The van der Waals surface area contributed by atoms with Crippen molar-refractivity contribution in [1.29, 1.82) is 0 Å². The number of fused-ring (bicyclic) bond motifs is 1. The summed E-state index contributed by atoms with van der Waals surface area (Å²) in [5.74, 6) is 0.788. The minimum atomic E-state index is 0.788. The fraction of sp³-hybridized carbons (Fsp3) is 0.312. The molecule has 114 valence electrons. The Bertz CT molecular complexity index is 754. The van der Waals surface area contributed by atoms with E-state index in [2.05, 4.69) is 72.0 Å². The van der Waals surface area contributed by atoms with Gasteiger partial charge in [0.05, 0.1) is 0 Å². The molecule has 2 aromatic heterocycles. The lowest BCUT2D eigenvalue weighted by molar-refractivity contribution is 0.677. The number of hydrogen-bond acceptors (Lipinski definition) is 4. The van der Waals surface area contributed by atoms with Crippen LogP contribution in [-0.2, 0) is 13.0 Å². The number of rotatable bonds is 6. The fourth-order valence-corrected chi connectivity index (χ4v) is 2.95. The van der Waals surface area contributed by atoms with Gasteiger partial charge in [0.1, 0.15) is 6.33 Å². The lowest BCUT2D eigenvalue weighted by Crippen LogP contribution is -2.07. The van der Waals surface area contributed by atoms with Gasteiger partial charge in [-0.15, -0.1) is 0 Å². The Kier molecular flexibility index (Phi) is 4.68. The number of anilines is 1. The monoisotopic (exact) mass is 359 g/mol. The summed E-state index contributed by atoms with van der Waals surface area (Å²) in [5.41, 5.74) is 2.99. The van der Waals surface area contributed by atoms with Gasteiger partial charge >= 0.3 is 0 Å². The Morgan fingerprint density at radius 2 is 2.00 bits per heavy atom. The Labute approximate surface area is 137 Å². The second-order valence-corrected chi connectivity index (χ2v) is 5.80. The highest BCUT2D eigenvalue weighted by molar-refractivity contribution is 9.10. The largest absolute Gasteiger partial charge is 0.368 e. The maximum atomic E-state index is 4.55. The van der Waals surface area contributed by atoms with Gasteiger partial charge in [-0.25, -0.2) is 15.0 Å². The molecule has 0 aliphatic carbocycles. The third-order valence-corrected chi connectivity index (χ3v) is 4.09. The number of nitrogens with one attached hydrogen (secondary N) is 1. The number of benzene rings is 1. The van der Waals surface area contributed by atoms with Crippen LogP contribution in [0.25, 0.3) is 11.2 Å². The van der Waals surface area contributed by atoms with E-state index in [1.165, 1.54) is 5.56 Å². The van der Waals surface area contributed by atoms with Crippen LogP contribution in [0.5, 0.6) is 0 Å². The molecule has 1 aromatic carbocycles. The third kappa shape index (κ3) is 3.11. The van der Waals surface area contributed by atoms with Gasteiger partial charge in [-0.1, -0.05) is 37.3 Å². The summed E-state index contributed by atoms with van der Waals surface area (Å²) < 4.78 is 2.87. The molecule has 0 spiro atoms. The minimum Gasteiger partial charge on any atom is -0.368 e. The van der Waals surface area contributed by atoms with Gasteiger partial charge in [-0.05, 0) is 34.3 Å². The molecule has 22 heavy (non-hydrogen) atoms. The van der Waals surface area contributed by atoms with E-state index in [1.54, 1.807) is 6.33 Å². The normalized spacial score (nSPS) is 11.0. The average molecular weight is 360 g/mol. The number of nitrogens with zero attached hydrogens (tertiary/aromatic N) is 4. The van der Waals surface area contributed by atoms with Crippen molar-refractivity contribution in [1.82, 2.24) is 19.5 Å². The average Bonchev–Trinajstić information content (AvgIpc) is 2.86. The van der Waals surface area contributed by atoms with Crippen LogP contribution in [0.15, 0.2) is 41.4 Å². The molecule has 0 fully saturated rings. The maximum absolute atomic E-state index is 4.55. The molecule has 6 heteroatoms. The van der Waals surface area contributed by atoms with Crippen molar-refractivity contribution in [3.63, 3.8) is 0 Å². The van der Waals surface area contributed by atoms with Gasteiger partial charge in [-0.3, -0.25) is 0 Å². The Morgan fingerprint density at radius 1 is 1.18 bits per heavy atom. The highest BCUT2D eigenvalue weighted by atomic mass is 79.9. The van der Waals surface area contributed by atoms with Crippen molar-refractivity contribution in [3.8, 4) is 0 Å². The van der Waals surface area contributed by atoms with Crippen molar-refractivity contribution in [2.45, 2.75) is 26.3 Å². The van der Waals surface area contributed by atoms with E-state index in [1.807, 2.05) is 6.07 Å². The molecule has 0 bridgehead atoms. The van der Waals surface area contributed by atoms with E-state index in [9.17, 15) is 0 Å². The van der Waals surface area contributed by atoms with E-state index in [0.717, 1.165) is 47.6 Å². The minimum absolute atomic E-state index is 0.788. The van der Waals surface area contributed by atoms with Crippen LogP contribution in [0.1, 0.15) is 18.9 Å². The molecule has 3 aromatic rings. The lowest BCUT2D eigenvalue weighted by Gasteiger charge is -2.06. The van der Waals surface area contributed by atoms with Crippen molar-refractivity contribution in [3.05, 3.63) is 47.0 Å². The SMILES string of the molecule is CCCn1c(Br)nc2c(NCCc3ccccc3)ncnc21. The van der Waals surface area contributed by atoms with E-state index >= 15 is 0 Å². The molecular weight excluding hydrogens is 342 g/mol. The van der Waals surface area contributed by atoms with Gasteiger partial charge < -0.3 is 9.88 Å². The van der Waals surface area contributed by atoms with Gasteiger partial charge in [-0.2, -0.15) is 0 Å². The topological polar surface area (TPSA) is 55.6 Å². The summed E-state index contributed by atoms with van der Waals surface area (Å²) >= 11 is 3.51. The number of halogens is 1. The van der Waals surface area contributed by atoms with Gasteiger partial charge in [0.15, 0.2) is 21.7 Å². The Morgan fingerprint density at radius 3 is 2.77 bits per heavy atom. The van der Waals surface area contributed by atoms with Crippen LogP contribution >= 0.6 is 15.9 Å². The van der Waals surface area contributed by atoms with Crippen molar-refractivity contribution in [2.24, 2.45) is 0 Å². The number of imidazole rings is 1. The summed E-state index contributed by atoms with van der Waals surface area (Å²) in [6, 6.07) is 10.4. The number of hydrogen-bond donors (Lipinski definition) is 1. The highest BCUT2D eigenvalue weighted by Gasteiger charge is 2.13.